The number of carboxylic acids is 1. The molecule has 0 radical (unpaired) electrons. The van der Waals surface area contributed by atoms with Crippen LogP contribution in [0.5, 0.6) is 0 Å². The summed E-state index contributed by atoms with van der Waals surface area (Å²) in [5.41, 5.74) is 6.90. The number of nitrogen functional groups attached to an aromatic ring is 1. The van der Waals surface area contributed by atoms with Crippen LogP contribution in [0.4, 0.5) is 5.82 Å². The molecule has 0 aliphatic heterocycles. The van der Waals surface area contributed by atoms with Crippen LogP contribution in [0, 0.1) is 6.92 Å². The molecule has 15 heavy (non-hydrogen) atoms. The maximum Gasteiger partial charge on any atom is 0.335 e. The standard InChI is InChI=1S/C11H10N2O2/c1-6-5-13-10(12)9-4-7(11(14)15)2-3-8(6)9/h2-5H,1H3,(H2,12,13)(H,14,15). The number of hydrogen-bond acceptors (Lipinski definition) is 3. The van der Waals surface area contributed by atoms with Gasteiger partial charge in [-0.25, -0.2) is 9.78 Å². The number of carbonyl (C=O) groups is 1. The summed E-state index contributed by atoms with van der Waals surface area (Å²) >= 11 is 0. The first-order valence-corrected chi connectivity index (χ1v) is 4.47. The summed E-state index contributed by atoms with van der Waals surface area (Å²) < 4.78 is 0. The smallest absolute Gasteiger partial charge is 0.335 e. The highest BCUT2D eigenvalue weighted by Gasteiger charge is 2.07. The summed E-state index contributed by atoms with van der Waals surface area (Å²) in [6, 6.07) is 4.87. The van der Waals surface area contributed by atoms with E-state index >= 15 is 0 Å². The molecule has 1 aromatic heterocycles. The average molecular weight is 202 g/mol. The molecule has 4 nitrogen and oxygen atoms in total. The van der Waals surface area contributed by atoms with Gasteiger partial charge in [0.15, 0.2) is 0 Å². The normalized spacial score (nSPS) is 10.5. The second-order valence-electron chi connectivity index (χ2n) is 3.39. The van der Waals surface area contributed by atoms with Gasteiger partial charge in [0.05, 0.1) is 5.56 Å². The predicted molar refractivity (Wildman–Crippen MR) is 57.9 cm³/mol. The molecule has 1 heterocycles. The van der Waals surface area contributed by atoms with Gasteiger partial charge in [-0.2, -0.15) is 0 Å². The lowest BCUT2D eigenvalue weighted by Crippen LogP contribution is -1.98. The van der Waals surface area contributed by atoms with Crippen molar-refractivity contribution in [3.63, 3.8) is 0 Å². The van der Waals surface area contributed by atoms with Gasteiger partial charge in [0.2, 0.25) is 0 Å². The van der Waals surface area contributed by atoms with Crippen molar-refractivity contribution in [2.75, 3.05) is 5.73 Å². The monoisotopic (exact) mass is 202 g/mol. The summed E-state index contributed by atoms with van der Waals surface area (Å²) in [5.74, 6) is -0.600. The summed E-state index contributed by atoms with van der Waals surface area (Å²) in [6.45, 7) is 1.91. The van der Waals surface area contributed by atoms with Gasteiger partial charge in [0, 0.05) is 11.6 Å². The highest BCUT2D eigenvalue weighted by Crippen LogP contribution is 2.23. The first-order chi connectivity index (χ1) is 7.09. The van der Waals surface area contributed by atoms with Gasteiger partial charge in [0.25, 0.3) is 0 Å². The van der Waals surface area contributed by atoms with Crippen molar-refractivity contribution in [1.82, 2.24) is 4.98 Å². The minimum absolute atomic E-state index is 0.224. The highest BCUT2D eigenvalue weighted by molar-refractivity contribution is 5.99. The topological polar surface area (TPSA) is 76.2 Å². The zero-order valence-corrected chi connectivity index (χ0v) is 8.19. The van der Waals surface area contributed by atoms with E-state index in [0.717, 1.165) is 10.9 Å². The Balaban J connectivity index is 2.81. The number of rotatable bonds is 1. The van der Waals surface area contributed by atoms with E-state index in [1.54, 1.807) is 24.4 Å². The number of hydrogen-bond donors (Lipinski definition) is 2. The third-order valence-electron chi connectivity index (χ3n) is 2.36. The number of nitrogens with two attached hydrogens (primary N) is 1. The fourth-order valence-electron chi connectivity index (χ4n) is 1.54. The molecule has 0 amide bonds. The van der Waals surface area contributed by atoms with Crippen molar-refractivity contribution in [1.29, 1.82) is 0 Å². The molecule has 0 aliphatic rings. The molecule has 76 valence electrons. The zero-order chi connectivity index (χ0) is 11.0. The number of aryl methyl sites for hydroxylation is 1. The molecular formula is C11H10N2O2. The number of aromatic carboxylic acids is 1. The van der Waals surface area contributed by atoms with Crippen molar-refractivity contribution in [3.05, 3.63) is 35.5 Å². The number of carboxylic acid groups (broad SMARTS) is 1. The number of fused-ring (bicyclic) bond motifs is 1. The fourth-order valence-corrected chi connectivity index (χ4v) is 1.54. The molecule has 3 N–H and O–H groups in total. The molecule has 2 rings (SSSR count). The van der Waals surface area contributed by atoms with Crippen LogP contribution in [0.3, 0.4) is 0 Å². The van der Waals surface area contributed by atoms with Crippen molar-refractivity contribution in [2.24, 2.45) is 0 Å². The van der Waals surface area contributed by atoms with Crippen molar-refractivity contribution < 1.29 is 9.90 Å². The summed E-state index contributed by atoms with van der Waals surface area (Å²) in [4.78, 5) is 14.8. The minimum Gasteiger partial charge on any atom is -0.478 e. The van der Waals surface area contributed by atoms with Crippen LogP contribution in [-0.4, -0.2) is 16.1 Å². The van der Waals surface area contributed by atoms with Gasteiger partial charge in [-0.05, 0) is 30.0 Å². The summed E-state index contributed by atoms with van der Waals surface area (Å²) in [6.07, 6.45) is 1.68. The van der Waals surface area contributed by atoms with Crippen LogP contribution in [0.1, 0.15) is 15.9 Å². The largest absolute Gasteiger partial charge is 0.478 e. The molecule has 0 bridgehead atoms. The molecule has 2 aromatic rings. The Morgan fingerprint density at radius 2 is 2.13 bits per heavy atom. The van der Waals surface area contributed by atoms with E-state index in [9.17, 15) is 4.79 Å². The van der Waals surface area contributed by atoms with E-state index in [2.05, 4.69) is 4.98 Å². The average Bonchev–Trinajstić information content (AvgIpc) is 2.23. The molecular weight excluding hydrogens is 192 g/mol. The number of nitrogens with zero attached hydrogens (tertiary/aromatic N) is 1. The third kappa shape index (κ3) is 1.50. The SMILES string of the molecule is Cc1cnc(N)c2cc(C(=O)O)ccc12. The quantitative estimate of drug-likeness (QED) is 0.739. The van der Waals surface area contributed by atoms with Crippen molar-refractivity contribution in [2.45, 2.75) is 6.92 Å². The lowest BCUT2D eigenvalue weighted by Gasteiger charge is -2.05. The number of benzene rings is 1. The molecule has 0 fully saturated rings. The maximum atomic E-state index is 10.8. The highest BCUT2D eigenvalue weighted by atomic mass is 16.4. The predicted octanol–water partition coefficient (Wildman–Crippen LogP) is 1.82. The Bertz CT molecular complexity index is 550. The number of anilines is 1. The molecule has 4 heteroatoms. The molecule has 1 aromatic carbocycles. The third-order valence-corrected chi connectivity index (χ3v) is 2.36. The summed E-state index contributed by atoms with van der Waals surface area (Å²) in [7, 11) is 0. The van der Waals surface area contributed by atoms with Crippen molar-refractivity contribution in [3.8, 4) is 0 Å². The van der Waals surface area contributed by atoms with Gasteiger partial charge in [0.1, 0.15) is 5.82 Å². The lowest BCUT2D eigenvalue weighted by atomic mass is 10.1. The number of pyridine rings is 1. The van der Waals surface area contributed by atoms with Crippen LogP contribution in [0.25, 0.3) is 10.8 Å². The molecule has 0 spiro atoms. The van der Waals surface area contributed by atoms with Gasteiger partial charge in [-0.3, -0.25) is 0 Å². The van der Waals surface area contributed by atoms with Crippen LogP contribution in [0.15, 0.2) is 24.4 Å². The molecule has 0 atom stereocenters. The minimum atomic E-state index is -0.960. The second kappa shape index (κ2) is 3.24. The van der Waals surface area contributed by atoms with E-state index in [1.807, 2.05) is 6.92 Å². The van der Waals surface area contributed by atoms with Gasteiger partial charge in [-0.15, -0.1) is 0 Å². The van der Waals surface area contributed by atoms with Gasteiger partial charge >= 0.3 is 5.97 Å². The Morgan fingerprint density at radius 3 is 2.80 bits per heavy atom. The molecule has 0 saturated carbocycles. The summed E-state index contributed by atoms with van der Waals surface area (Å²) in [5, 5.41) is 10.5. The zero-order valence-electron chi connectivity index (χ0n) is 8.19. The van der Waals surface area contributed by atoms with Crippen LogP contribution >= 0.6 is 0 Å². The Morgan fingerprint density at radius 1 is 1.40 bits per heavy atom. The van der Waals surface area contributed by atoms with Crippen LogP contribution < -0.4 is 5.73 Å². The van der Waals surface area contributed by atoms with Crippen LogP contribution in [-0.2, 0) is 0 Å². The second-order valence-corrected chi connectivity index (χ2v) is 3.39. The van der Waals surface area contributed by atoms with E-state index in [-0.39, 0.29) is 5.56 Å². The van der Waals surface area contributed by atoms with Crippen LogP contribution in [0.2, 0.25) is 0 Å². The van der Waals surface area contributed by atoms with E-state index in [4.69, 9.17) is 10.8 Å². The first-order valence-electron chi connectivity index (χ1n) is 4.47. The fraction of sp³-hybridized carbons (Fsp3) is 0.0909. The molecule has 0 aliphatic carbocycles. The van der Waals surface area contributed by atoms with E-state index < -0.39 is 5.97 Å². The Kier molecular flexibility index (Phi) is 2.04. The Hall–Kier alpha value is -2.10. The molecule has 0 unspecified atom stereocenters. The van der Waals surface area contributed by atoms with E-state index in [0.29, 0.717) is 11.2 Å². The van der Waals surface area contributed by atoms with E-state index in [1.165, 1.54) is 0 Å². The lowest BCUT2D eigenvalue weighted by molar-refractivity contribution is 0.0697. The molecule has 0 saturated heterocycles. The number of aromatic nitrogens is 1. The Labute approximate surface area is 86.4 Å². The van der Waals surface area contributed by atoms with Crippen molar-refractivity contribution >= 4 is 22.6 Å². The maximum absolute atomic E-state index is 10.8. The first kappa shape index (κ1) is 9.45. The van der Waals surface area contributed by atoms with Gasteiger partial charge < -0.3 is 10.8 Å². The van der Waals surface area contributed by atoms with Gasteiger partial charge in [-0.1, -0.05) is 6.07 Å².